The van der Waals surface area contributed by atoms with Crippen molar-refractivity contribution in [2.75, 3.05) is 12.9 Å². The molecule has 25 heavy (non-hydrogen) atoms. The zero-order valence-electron chi connectivity index (χ0n) is 13.7. The van der Waals surface area contributed by atoms with Crippen LogP contribution >= 0.6 is 11.8 Å². The third-order valence-corrected chi connectivity index (χ3v) is 4.30. The van der Waals surface area contributed by atoms with Crippen LogP contribution in [0.25, 0.3) is 11.3 Å². The normalized spacial score (nSPS) is 10.6. The number of rotatable bonds is 7. The number of hydrogen-bond acceptors (Lipinski definition) is 8. The summed E-state index contributed by atoms with van der Waals surface area (Å²) >= 11 is 1.26. The second-order valence-corrected chi connectivity index (χ2v) is 6.01. The topological polar surface area (TPSA) is 108 Å². The monoisotopic (exact) mass is 360 g/mol. The number of aromatic nitrogens is 5. The predicted molar refractivity (Wildman–Crippen MR) is 89.9 cm³/mol. The molecule has 10 heteroatoms. The van der Waals surface area contributed by atoms with Crippen LogP contribution in [0.1, 0.15) is 5.69 Å². The first kappa shape index (κ1) is 17.0. The summed E-state index contributed by atoms with van der Waals surface area (Å²) in [5, 5.41) is 18.4. The zero-order valence-corrected chi connectivity index (χ0v) is 14.5. The lowest BCUT2D eigenvalue weighted by Crippen LogP contribution is -2.24. The van der Waals surface area contributed by atoms with Gasteiger partial charge in [0.05, 0.1) is 19.4 Å². The molecule has 0 saturated carbocycles. The maximum absolute atomic E-state index is 11.9. The van der Waals surface area contributed by atoms with Gasteiger partial charge in [-0.25, -0.2) is 4.68 Å². The highest BCUT2D eigenvalue weighted by molar-refractivity contribution is 7.99. The number of tetrazole rings is 1. The van der Waals surface area contributed by atoms with Crippen molar-refractivity contribution in [3.05, 3.63) is 36.0 Å². The fraction of sp³-hybridized carbons (Fsp3) is 0.267. The van der Waals surface area contributed by atoms with E-state index in [2.05, 4.69) is 26.0 Å². The van der Waals surface area contributed by atoms with Crippen molar-refractivity contribution in [2.24, 2.45) is 7.05 Å². The number of benzene rings is 1. The second kappa shape index (κ2) is 7.79. The molecule has 0 bridgehead atoms. The van der Waals surface area contributed by atoms with Crippen molar-refractivity contribution in [3.8, 4) is 17.1 Å². The van der Waals surface area contributed by atoms with Crippen molar-refractivity contribution >= 4 is 17.7 Å². The predicted octanol–water partition coefficient (Wildman–Crippen LogP) is 1.28. The first-order valence-corrected chi connectivity index (χ1v) is 8.36. The third-order valence-electron chi connectivity index (χ3n) is 3.29. The van der Waals surface area contributed by atoms with E-state index in [0.717, 1.165) is 11.3 Å². The van der Waals surface area contributed by atoms with E-state index >= 15 is 0 Å². The number of methoxy groups -OCH3 is 1. The summed E-state index contributed by atoms with van der Waals surface area (Å²) in [6.45, 7) is 0.282. The Morgan fingerprint density at radius 1 is 1.40 bits per heavy atom. The van der Waals surface area contributed by atoms with E-state index in [0.29, 0.717) is 16.6 Å². The molecule has 2 aromatic heterocycles. The Kier molecular flexibility index (Phi) is 5.29. The second-order valence-electron chi connectivity index (χ2n) is 5.06. The lowest BCUT2D eigenvalue weighted by molar-refractivity contribution is -0.118. The van der Waals surface area contributed by atoms with Crippen molar-refractivity contribution in [3.63, 3.8) is 0 Å². The fourth-order valence-electron chi connectivity index (χ4n) is 2.02. The van der Waals surface area contributed by atoms with Gasteiger partial charge in [-0.3, -0.25) is 4.79 Å². The molecular weight excluding hydrogens is 344 g/mol. The third kappa shape index (κ3) is 4.35. The Morgan fingerprint density at radius 3 is 3.04 bits per heavy atom. The molecule has 0 unspecified atom stereocenters. The molecule has 9 nitrogen and oxygen atoms in total. The summed E-state index contributed by atoms with van der Waals surface area (Å²) in [5.74, 6) is 1.43. The van der Waals surface area contributed by atoms with Crippen LogP contribution in [-0.2, 0) is 18.4 Å². The van der Waals surface area contributed by atoms with Crippen molar-refractivity contribution in [1.82, 2.24) is 30.7 Å². The molecule has 0 saturated heterocycles. The molecule has 0 spiro atoms. The number of nitrogens with one attached hydrogen (secondary N) is 1. The standard InChI is InChI=1S/C15H16N6O3S/c1-21-15(17-19-20-21)25-9-14(22)16-8-11-7-13(24-18-11)10-4-3-5-12(6-10)23-2/h3-7H,8-9H2,1-2H3,(H,16,22). The van der Waals surface area contributed by atoms with Gasteiger partial charge in [0.15, 0.2) is 5.76 Å². The van der Waals surface area contributed by atoms with Gasteiger partial charge in [-0.15, -0.1) is 5.10 Å². The molecule has 1 amide bonds. The number of nitrogens with zero attached hydrogens (tertiary/aromatic N) is 5. The Labute approximate surface area is 147 Å². The molecule has 0 aliphatic carbocycles. The molecule has 0 radical (unpaired) electrons. The lowest BCUT2D eigenvalue weighted by atomic mass is 10.1. The van der Waals surface area contributed by atoms with Gasteiger partial charge >= 0.3 is 0 Å². The van der Waals surface area contributed by atoms with E-state index in [4.69, 9.17) is 9.26 Å². The van der Waals surface area contributed by atoms with Crippen LogP contribution in [0, 0.1) is 0 Å². The van der Waals surface area contributed by atoms with E-state index in [1.54, 1.807) is 20.2 Å². The van der Waals surface area contributed by atoms with Gasteiger partial charge in [0.25, 0.3) is 0 Å². The van der Waals surface area contributed by atoms with Gasteiger partial charge in [0.2, 0.25) is 11.1 Å². The summed E-state index contributed by atoms with van der Waals surface area (Å²) in [5.41, 5.74) is 1.49. The van der Waals surface area contributed by atoms with Crippen LogP contribution in [0.2, 0.25) is 0 Å². The number of carbonyl (C=O) groups is 1. The lowest BCUT2D eigenvalue weighted by Gasteiger charge is -2.01. The minimum Gasteiger partial charge on any atom is -0.497 e. The highest BCUT2D eigenvalue weighted by atomic mass is 32.2. The van der Waals surface area contributed by atoms with E-state index in [9.17, 15) is 4.79 Å². The van der Waals surface area contributed by atoms with Gasteiger partial charge in [0, 0.05) is 18.7 Å². The molecule has 130 valence electrons. The average molecular weight is 360 g/mol. The van der Waals surface area contributed by atoms with Crippen LogP contribution < -0.4 is 10.1 Å². The first-order chi connectivity index (χ1) is 12.2. The number of carbonyl (C=O) groups excluding carboxylic acids is 1. The molecular formula is C15H16N6O3S. The van der Waals surface area contributed by atoms with Gasteiger partial charge in [0.1, 0.15) is 11.4 Å². The van der Waals surface area contributed by atoms with E-state index < -0.39 is 0 Å². The fourth-order valence-corrected chi connectivity index (χ4v) is 2.70. The number of thioether (sulfide) groups is 1. The van der Waals surface area contributed by atoms with Gasteiger partial charge in [-0.2, -0.15) is 0 Å². The molecule has 0 atom stereocenters. The smallest absolute Gasteiger partial charge is 0.230 e. The minimum absolute atomic E-state index is 0.140. The molecule has 3 aromatic rings. The summed E-state index contributed by atoms with van der Waals surface area (Å²) in [7, 11) is 3.32. The Morgan fingerprint density at radius 2 is 2.28 bits per heavy atom. The average Bonchev–Trinajstić information content (AvgIpc) is 3.27. The van der Waals surface area contributed by atoms with Crippen molar-refractivity contribution in [2.45, 2.75) is 11.7 Å². The Bertz CT molecular complexity index is 862. The maximum atomic E-state index is 11.9. The van der Waals surface area contributed by atoms with Crippen molar-refractivity contribution in [1.29, 1.82) is 0 Å². The quantitative estimate of drug-likeness (QED) is 0.628. The number of ether oxygens (including phenoxy) is 1. The Hall–Kier alpha value is -2.88. The van der Waals surface area contributed by atoms with Gasteiger partial charge < -0.3 is 14.6 Å². The largest absolute Gasteiger partial charge is 0.497 e. The molecule has 1 N–H and O–H groups in total. The van der Waals surface area contributed by atoms with Gasteiger partial charge in [-0.1, -0.05) is 29.1 Å². The maximum Gasteiger partial charge on any atom is 0.230 e. The van der Waals surface area contributed by atoms with Crippen LogP contribution in [0.5, 0.6) is 5.75 Å². The van der Waals surface area contributed by atoms with Gasteiger partial charge in [-0.05, 0) is 22.6 Å². The summed E-state index contributed by atoms with van der Waals surface area (Å²) in [6.07, 6.45) is 0. The van der Waals surface area contributed by atoms with E-state index in [-0.39, 0.29) is 18.2 Å². The number of amides is 1. The highest BCUT2D eigenvalue weighted by Gasteiger charge is 2.10. The SMILES string of the molecule is COc1cccc(-c2cc(CNC(=O)CSc3nnnn3C)no2)c1. The van der Waals surface area contributed by atoms with Crippen LogP contribution in [0.3, 0.4) is 0 Å². The van der Waals surface area contributed by atoms with E-state index in [1.807, 2.05) is 24.3 Å². The zero-order chi connectivity index (χ0) is 17.6. The number of aryl methyl sites for hydroxylation is 1. The van der Waals surface area contributed by atoms with Crippen LogP contribution in [0.4, 0.5) is 0 Å². The Balaban J connectivity index is 1.53. The van der Waals surface area contributed by atoms with Crippen LogP contribution in [0.15, 0.2) is 40.0 Å². The summed E-state index contributed by atoms with van der Waals surface area (Å²) in [4.78, 5) is 11.9. The number of hydrogen-bond donors (Lipinski definition) is 1. The molecule has 2 heterocycles. The first-order valence-electron chi connectivity index (χ1n) is 7.37. The van der Waals surface area contributed by atoms with E-state index in [1.165, 1.54) is 16.4 Å². The molecule has 0 fully saturated rings. The summed E-state index contributed by atoms with van der Waals surface area (Å²) in [6, 6.07) is 9.27. The molecule has 3 rings (SSSR count). The van der Waals surface area contributed by atoms with Crippen molar-refractivity contribution < 1.29 is 14.1 Å². The summed E-state index contributed by atoms with van der Waals surface area (Å²) < 4.78 is 12.0. The molecule has 1 aromatic carbocycles. The van der Waals surface area contributed by atoms with Crippen LogP contribution in [-0.4, -0.2) is 44.1 Å². The minimum atomic E-state index is -0.140. The molecule has 0 aliphatic rings. The molecule has 0 aliphatic heterocycles. The highest BCUT2D eigenvalue weighted by Crippen LogP contribution is 2.24.